The molecule has 0 saturated carbocycles. The van der Waals surface area contributed by atoms with Crippen LogP contribution in [0.3, 0.4) is 0 Å². The van der Waals surface area contributed by atoms with E-state index in [1.807, 2.05) is 30.3 Å². The molecule has 0 aliphatic heterocycles. The van der Waals surface area contributed by atoms with Gasteiger partial charge in [0, 0.05) is 26.1 Å². The van der Waals surface area contributed by atoms with Gasteiger partial charge in [0.25, 0.3) is 0 Å². The molecular weight excluding hydrogens is 495 g/mol. The minimum atomic E-state index is -4.62. The van der Waals surface area contributed by atoms with E-state index in [0.717, 1.165) is 34.3 Å². The molecule has 0 spiro atoms. The van der Waals surface area contributed by atoms with Crippen LogP contribution in [0.1, 0.15) is 44.2 Å². The van der Waals surface area contributed by atoms with Crippen LogP contribution in [0, 0.1) is 0 Å². The van der Waals surface area contributed by atoms with Gasteiger partial charge in [0.05, 0.1) is 17.5 Å². The topological polar surface area (TPSA) is 86.8 Å². The zero-order valence-corrected chi connectivity index (χ0v) is 21.4. The molecule has 2 amide bonds. The third kappa shape index (κ3) is 8.25. The molecule has 0 aliphatic carbocycles. The molecule has 36 heavy (non-hydrogen) atoms. The van der Waals surface area contributed by atoms with Crippen LogP contribution in [-0.2, 0) is 32.3 Å². The third-order valence-electron chi connectivity index (χ3n) is 5.55. The molecule has 0 aromatic heterocycles. The Morgan fingerprint density at radius 3 is 2.25 bits per heavy atom. The van der Waals surface area contributed by atoms with E-state index < -0.39 is 27.8 Å². The van der Waals surface area contributed by atoms with Crippen LogP contribution in [0.25, 0.3) is 0 Å². The van der Waals surface area contributed by atoms with Crippen molar-refractivity contribution in [2.45, 2.75) is 51.9 Å². The van der Waals surface area contributed by atoms with Gasteiger partial charge in [0.1, 0.15) is 6.04 Å². The average molecular weight is 528 g/mol. The van der Waals surface area contributed by atoms with Crippen LogP contribution < -0.4 is 9.62 Å². The lowest BCUT2D eigenvalue weighted by molar-refractivity contribution is -0.141. The average Bonchev–Trinajstić information content (AvgIpc) is 2.81. The van der Waals surface area contributed by atoms with E-state index in [1.165, 1.54) is 11.0 Å². The molecule has 0 radical (unpaired) electrons. The van der Waals surface area contributed by atoms with E-state index >= 15 is 0 Å². The Morgan fingerprint density at radius 1 is 1.03 bits per heavy atom. The normalized spacial score (nSPS) is 12.6. The lowest BCUT2D eigenvalue weighted by Crippen LogP contribution is -2.49. The SMILES string of the molecule is CCNC(=O)[C@H](CC)N(Cc1ccccc1)C(=O)CCCN(c1cccc(C(F)(F)F)c1)S(C)(=O)=O. The number of carbonyl (C=O) groups excluding carboxylic acids is 2. The number of nitrogens with zero attached hydrogens (tertiary/aromatic N) is 2. The van der Waals surface area contributed by atoms with Gasteiger partial charge in [-0.3, -0.25) is 13.9 Å². The van der Waals surface area contributed by atoms with Gasteiger partial charge in [-0.15, -0.1) is 0 Å². The molecule has 0 aliphatic rings. The predicted molar refractivity (Wildman–Crippen MR) is 133 cm³/mol. The van der Waals surface area contributed by atoms with Crippen LogP contribution in [-0.4, -0.2) is 50.5 Å². The lowest BCUT2D eigenvalue weighted by atomic mass is 10.1. The minimum Gasteiger partial charge on any atom is -0.355 e. The van der Waals surface area contributed by atoms with E-state index in [-0.39, 0.29) is 43.4 Å². The summed E-state index contributed by atoms with van der Waals surface area (Å²) in [6.07, 6.45) is -3.38. The summed E-state index contributed by atoms with van der Waals surface area (Å²) < 4.78 is 65.0. The monoisotopic (exact) mass is 527 g/mol. The third-order valence-corrected chi connectivity index (χ3v) is 6.74. The Balaban J connectivity index is 2.22. The summed E-state index contributed by atoms with van der Waals surface area (Å²) in [5.41, 5.74) is -0.267. The summed E-state index contributed by atoms with van der Waals surface area (Å²) in [5, 5.41) is 2.74. The number of nitrogens with one attached hydrogen (secondary N) is 1. The number of alkyl halides is 3. The molecule has 1 N–H and O–H groups in total. The van der Waals surface area contributed by atoms with Gasteiger partial charge in [0.15, 0.2) is 0 Å². The molecule has 0 bridgehead atoms. The molecule has 2 aromatic carbocycles. The standard InChI is InChI=1S/C25H32F3N3O4S/c1-4-22(24(33)29-5-2)30(18-19-11-7-6-8-12-19)23(32)15-10-16-31(36(3,34)35)21-14-9-13-20(17-21)25(26,27)28/h6-9,11-14,17,22H,4-5,10,15-16,18H2,1-3H3,(H,29,33)/t22-/m0/s1. The van der Waals surface area contributed by atoms with Gasteiger partial charge in [-0.25, -0.2) is 8.42 Å². The fourth-order valence-corrected chi connectivity index (χ4v) is 4.79. The molecule has 0 unspecified atom stereocenters. The number of hydrogen-bond donors (Lipinski definition) is 1. The minimum absolute atomic E-state index is 0.0548. The van der Waals surface area contributed by atoms with Crippen LogP contribution in [0.5, 0.6) is 0 Å². The number of sulfonamides is 1. The summed E-state index contributed by atoms with van der Waals surface area (Å²) in [7, 11) is -3.91. The van der Waals surface area contributed by atoms with Crippen LogP contribution in [0.15, 0.2) is 54.6 Å². The highest BCUT2D eigenvalue weighted by Gasteiger charge is 2.32. The molecule has 2 aromatic rings. The number of hydrogen-bond acceptors (Lipinski definition) is 4. The first-order valence-electron chi connectivity index (χ1n) is 11.6. The quantitative estimate of drug-likeness (QED) is 0.448. The first-order valence-corrected chi connectivity index (χ1v) is 13.5. The highest BCUT2D eigenvalue weighted by molar-refractivity contribution is 7.92. The fourth-order valence-electron chi connectivity index (χ4n) is 3.83. The number of amides is 2. The lowest BCUT2D eigenvalue weighted by Gasteiger charge is -2.31. The molecule has 198 valence electrons. The first kappa shape index (κ1) is 29.2. The number of halogens is 3. The van der Waals surface area contributed by atoms with Crippen molar-refractivity contribution in [1.29, 1.82) is 0 Å². The van der Waals surface area contributed by atoms with Crippen molar-refractivity contribution in [3.8, 4) is 0 Å². The zero-order valence-electron chi connectivity index (χ0n) is 20.6. The Labute approximate surface area is 210 Å². The number of likely N-dealkylation sites (N-methyl/N-ethyl adjacent to an activating group) is 1. The maximum absolute atomic E-state index is 13.2. The molecule has 0 saturated heterocycles. The van der Waals surface area contributed by atoms with Crippen LogP contribution in [0.2, 0.25) is 0 Å². The second-order valence-electron chi connectivity index (χ2n) is 8.31. The van der Waals surface area contributed by atoms with Gasteiger partial charge in [-0.1, -0.05) is 43.3 Å². The molecule has 11 heteroatoms. The summed E-state index contributed by atoms with van der Waals surface area (Å²) >= 11 is 0. The molecular formula is C25H32F3N3O4S. The fraction of sp³-hybridized carbons (Fsp3) is 0.440. The number of anilines is 1. The summed E-state index contributed by atoms with van der Waals surface area (Å²) in [5.74, 6) is -0.638. The van der Waals surface area contributed by atoms with Crippen molar-refractivity contribution in [3.05, 3.63) is 65.7 Å². The van der Waals surface area contributed by atoms with E-state index in [9.17, 15) is 31.2 Å². The van der Waals surface area contributed by atoms with Gasteiger partial charge in [0.2, 0.25) is 21.8 Å². The molecule has 7 nitrogen and oxygen atoms in total. The highest BCUT2D eigenvalue weighted by atomic mass is 32.2. The Morgan fingerprint density at radius 2 is 1.69 bits per heavy atom. The van der Waals surface area contributed by atoms with Crippen molar-refractivity contribution in [2.75, 3.05) is 23.7 Å². The van der Waals surface area contributed by atoms with Crippen molar-refractivity contribution >= 4 is 27.5 Å². The van der Waals surface area contributed by atoms with Crippen molar-refractivity contribution in [3.63, 3.8) is 0 Å². The Bertz CT molecular complexity index is 1120. The van der Waals surface area contributed by atoms with E-state index in [1.54, 1.807) is 13.8 Å². The zero-order chi connectivity index (χ0) is 26.9. The van der Waals surface area contributed by atoms with Crippen LogP contribution in [0.4, 0.5) is 18.9 Å². The van der Waals surface area contributed by atoms with E-state index in [2.05, 4.69) is 5.32 Å². The number of benzene rings is 2. The van der Waals surface area contributed by atoms with E-state index in [4.69, 9.17) is 0 Å². The van der Waals surface area contributed by atoms with Gasteiger partial charge >= 0.3 is 6.18 Å². The summed E-state index contributed by atoms with van der Waals surface area (Å²) in [4.78, 5) is 27.3. The number of rotatable bonds is 12. The van der Waals surface area contributed by atoms with Crippen LogP contribution >= 0.6 is 0 Å². The second kappa shape index (κ2) is 12.8. The molecule has 0 fully saturated rings. The predicted octanol–water partition coefficient (Wildman–Crippen LogP) is 4.20. The summed E-state index contributed by atoms with van der Waals surface area (Å²) in [6.45, 7) is 3.98. The largest absolute Gasteiger partial charge is 0.416 e. The summed E-state index contributed by atoms with van der Waals surface area (Å²) in [6, 6.07) is 12.5. The second-order valence-corrected chi connectivity index (χ2v) is 10.2. The maximum Gasteiger partial charge on any atom is 0.416 e. The number of carbonyl (C=O) groups is 2. The van der Waals surface area contributed by atoms with E-state index in [0.29, 0.717) is 13.0 Å². The smallest absolute Gasteiger partial charge is 0.355 e. The highest BCUT2D eigenvalue weighted by Crippen LogP contribution is 2.32. The van der Waals surface area contributed by atoms with Crippen molar-refractivity contribution in [1.82, 2.24) is 10.2 Å². The molecule has 1 atom stereocenters. The van der Waals surface area contributed by atoms with Gasteiger partial charge in [-0.2, -0.15) is 13.2 Å². The molecule has 2 rings (SSSR count). The van der Waals surface area contributed by atoms with Crippen molar-refractivity contribution < 1.29 is 31.2 Å². The molecule has 0 heterocycles. The first-order chi connectivity index (χ1) is 16.9. The van der Waals surface area contributed by atoms with Crippen molar-refractivity contribution in [2.24, 2.45) is 0 Å². The van der Waals surface area contributed by atoms with Gasteiger partial charge in [-0.05, 0) is 43.5 Å². The Hall–Kier alpha value is -3.08. The maximum atomic E-state index is 13.2. The Kier molecular flexibility index (Phi) is 10.3. The van der Waals surface area contributed by atoms with Gasteiger partial charge < -0.3 is 10.2 Å².